The number of phenols is 1. The molecular formula is C29H29N5O9S. The van der Waals surface area contributed by atoms with E-state index in [1.54, 1.807) is 18.2 Å². The predicted molar refractivity (Wildman–Crippen MR) is 161 cm³/mol. The standard InChI is InChI=1S/C29H29N5O9S/c1-16-11-20(43-10-9-35)6-8-22(16)31-32-23-14-26(42-4)24(15-25(23)41-3)33-34-28-27(44(38,39)40)13-18-12-19(30-17(2)36)5-7-21(18)29(28)37/h5-8,11-15,35,37H,9-10H2,1-4H3,(H,30,36)(H,38,39,40). The van der Waals surface area contributed by atoms with Crippen molar-refractivity contribution >= 4 is 55.2 Å². The lowest BCUT2D eigenvalue weighted by atomic mass is 10.1. The number of rotatable bonds is 11. The van der Waals surface area contributed by atoms with E-state index in [0.29, 0.717) is 17.1 Å². The number of carbonyl (C=O) groups is 1. The van der Waals surface area contributed by atoms with Gasteiger partial charge >= 0.3 is 0 Å². The minimum Gasteiger partial charge on any atom is -0.505 e. The highest BCUT2D eigenvalue weighted by atomic mass is 32.2. The Hall–Kier alpha value is -5.12. The van der Waals surface area contributed by atoms with E-state index in [9.17, 15) is 22.9 Å². The van der Waals surface area contributed by atoms with E-state index in [-0.39, 0.29) is 52.8 Å². The van der Waals surface area contributed by atoms with Gasteiger partial charge in [0.1, 0.15) is 45.8 Å². The first-order valence-electron chi connectivity index (χ1n) is 12.9. The second kappa shape index (κ2) is 13.5. The highest BCUT2D eigenvalue weighted by Gasteiger charge is 2.23. The van der Waals surface area contributed by atoms with Gasteiger partial charge in [-0.1, -0.05) is 0 Å². The van der Waals surface area contributed by atoms with Crippen molar-refractivity contribution in [2.24, 2.45) is 20.5 Å². The third kappa shape index (κ3) is 7.26. The van der Waals surface area contributed by atoms with Crippen molar-refractivity contribution in [1.82, 2.24) is 0 Å². The Morgan fingerprint density at radius 1 is 0.886 bits per heavy atom. The van der Waals surface area contributed by atoms with Crippen LogP contribution in [0.3, 0.4) is 0 Å². The summed E-state index contributed by atoms with van der Waals surface area (Å²) < 4.78 is 50.7. The molecule has 0 spiro atoms. The molecule has 14 nitrogen and oxygen atoms in total. The van der Waals surface area contributed by atoms with Crippen molar-refractivity contribution in [1.29, 1.82) is 0 Å². The predicted octanol–water partition coefficient (Wildman–Crippen LogP) is 6.28. The molecule has 0 atom stereocenters. The van der Waals surface area contributed by atoms with E-state index in [4.69, 9.17) is 19.3 Å². The largest absolute Gasteiger partial charge is 0.505 e. The van der Waals surface area contributed by atoms with Crippen LogP contribution in [0.15, 0.2) is 79.9 Å². The number of aliphatic hydroxyl groups is 1. The lowest BCUT2D eigenvalue weighted by molar-refractivity contribution is -0.114. The number of ether oxygens (including phenoxy) is 3. The van der Waals surface area contributed by atoms with E-state index in [1.165, 1.54) is 51.5 Å². The van der Waals surface area contributed by atoms with Crippen LogP contribution in [-0.4, -0.2) is 56.5 Å². The van der Waals surface area contributed by atoms with Gasteiger partial charge in [-0.3, -0.25) is 9.35 Å². The molecule has 44 heavy (non-hydrogen) atoms. The average Bonchev–Trinajstić information content (AvgIpc) is 2.98. The van der Waals surface area contributed by atoms with Crippen LogP contribution in [0.4, 0.5) is 28.4 Å². The van der Waals surface area contributed by atoms with E-state index >= 15 is 0 Å². The maximum Gasteiger partial charge on any atom is 0.296 e. The zero-order valence-electron chi connectivity index (χ0n) is 24.1. The number of benzene rings is 4. The molecule has 0 saturated heterocycles. The zero-order chi connectivity index (χ0) is 32.0. The number of aryl methyl sites for hydroxylation is 1. The Balaban J connectivity index is 1.73. The van der Waals surface area contributed by atoms with E-state index in [0.717, 1.165) is 11.6 Å². The number of hydrogen-bond acceptors (Lipinski definition) is 12. The molecule has 0 saturated carbocycles. The minimum atomic E-state index is -4.87. The van der Waals surface area contributed by atoms with Gasteiger partial charge in [0.25, 0.3) is 10.1 Å². The molecule has 0 bridgehead atoms. The third-order valence-corrected chi connectivity index (χ3v) is 7.05. The van der Waals surface area contributed by atoms with Crippen molar-refractivity contribution in [3.8, 4) is 23.0 Å². The van der Waals surface area contributed by atoms with E-state index in [2.05, 4.69) is 25.8 Å². The summed E-state index contributed by atoms with van der Waals surface area (Å²) in [6.07, 6.45) is 0. The van der Waals surface area contributed by atoms with Crippen LogP contribution in [0.5, 0.6) is 23.0 Å². The van der Waals surface area contributed by atoms with Crippen molar-refractivity contribution < 1.29 is 42.2 Å². The molecule has 1 amide bonds. The molecular weight excluding hydrogens is 594 g/mol. The number of fused-ring (bicyclic) bond motifs is 1. The molecule has 0 radical (unpaired) electrons. The van der Waals surface area contributed by atoms with Gasteiger partial charge in [0.05, 0.1) is 26.5 Å². The summed E-state index contributed by atoms with van der Waals surface area (Å²) in [6, 6.07) is 13.6. The fraction of sp³-hybridized carbons (Fsp3) is 0.207. The van der Waals surface area contributed by atoms with Crippen LogP contribution in [0.2, 0.25) is 0 Å². The molecule has 0 aromatic heterocycles. The number of amides is 1. The first-order valence-corrected chi connectivity index (χ1v) is 14.4. The van der Waals surface area contributed by atoms with Gasteiger partial charge in [0.15, 0.2) is 5.75 Å². The first-order chi connectivity index (χ1) is 20.9. The molecule has 4 rings (SSSR count). The smallest absolute Gasteiger partial charge is 0.296 e. The average molecular weight is 624 g/mol. The molecule has 230 valence electrons. The van der Waals surface area contributed by atoms with Crippen molar-refractivity contribution in [2.45, 2.75) is 18.7 Å². The van der Waals surface area contributed by atoms with Gasteiger partial charge in [0, 0.05) is 30.1 Å². The monoisotopic (exact) mass is 623 g/mol. The molecule has 0 heterocycles. The number of hydrogen-bond donors (Lipinski definition) is 4. The Kier molecular flexibility index (Phi) is 9.73. The molecule has 4 N–H and O–H groups in total. The second-order valence-corrected chi connectivity index (χ2v) is 10.7. The highest BCUT2D eigenvalue weighted by Crippen LogP contribution is 2.45. The van der Waals surface area contributed by atoms with Gasteiger partial charge in [-0.05, 0) is 60.3 Å². The SMILES string of the molecule is COc1cc(N=Nc2c(S(=O)(=O)O)cc3cc(NC(C)=O)ccc3c2O)c(OC)cc1N=Nc1ccc(OCCO)cc1C. The van der Waals surface area contributed by atoms with Crippen LogP contribution in [0, 0.1) is 6.92 Å². The maximum absolute atomic E-state index is 12.3. The highest BCUT2D eigenvalue weighted by molar-refractivity contribution is 7.86. The summed E-state index contributed by atoms with van der Waals surface area (Å²) in [5.74, 6) is 0.0653. The van der Waals surface area contributed by atoms with Crippen molar-refractivity contribution in [3.63, 3.8) is 0 Å². The van der Waals surface area contributed by atoms with E-state index in [1.807, 2.05) is 6.92 Å². The minimum absolute atomic E-state index is 0.0895. The van der Waals surface area contributed by atoms with Gasteiger partial charge < -0.3 is 29.7 Å². The number of anilines is 1. The molecule has 0 aliphatic carbocycles. The second-order valence-electron chi connectivity index (χ2n) is 9.28. The van der Waals surface area contributed by atoms with Crippen LogP contribution in [0.1, 0.15) is 12.5 Å². The summed E-state index contributed by atoms with van der Waals surface area (Å²) in [5.41, 5.74) is 1.54. The topological polar surface area (TPSA) is 201 Å². The van der Waals surface area contributed by atoms with Crippen molar-refractivity contribution in [3.05, 3.63) is 60.2 Å². The third-order valence-electron chi connectivity index (χ3n) is 6.18. The summed E-state index contributed by atoms with van der Waals surface area (Å²) in [6.45, 7) is 3.20. The van der Waals surface area contributed by atoms with Crippen LogP contribution in [-0.2, 0) is 14.9 Å². The number of methoxy groups -OCH3 is 2. The number of nitrogens with zero attached hydrogens (tertiary/aromatic N) is 4. The van der Waals surface area contributed by atoms with Crippen LogP contribution < -0.4 is 19.5 Å². The normalized spacial score (nSPS) is 11.8. The Bertz CT molecular complexity index is 1890. The molecule has 4 aromatic carbocycles. The molecule has 0 aliphatic heterocycles. The van der Waals surface area contributed by atoms with Crippen LogP contribution in [0.25, 0.3) is 10.8 Å². The molecule has 0 aliphatic rings. The number of azo groups is 2. The summed E-state index contributed by atoms with van der Waals surface area (Å²) >= 11 is 0. The molecule has 0 fully saturated rings. The van der Waals surface area contributed by atoms with Crippen LogP contribution >= 0.6 is 0 Å². The summed E-state index contributed by atoms with van der Waals surface area (Å²) in [7, 11) is -2.09. The number of phenolic OH excluding ortho intramolecular Hbond substituents is 1. The number of aliphatic hydroxyl groups excluding tert-OH is 1. The fourth-order valence-electron chi connectivity index (χ4n) is 4.15. The number of nitrogens with one attached hydrogen (secondary N) is 1. The summed E-state index contributed by atoms with van der Waals surface area (Å²) in [4.78, 5) is 10.7. The molecule has 4 aromatic rings. The number of aromatic hydroxyl groups is 1. The molecule has 15 heteroatoms. The maximum atomic E-state index is 12.3. The Labute approximate surface area is 252 Å². The van der Waals surface area contributed by atoms with E-state index < -0.39 is 26.5 Å². The Morgan fingerprint density at radius 3 is 2.09 bits per heavy atom. The van der Waals surface area contributed by atoms with Gasteiger partial charge in [0.2, 0.25) is 5.91 Å². The first kappa shape index (κ1) is 31.8. The zero-order valence-corrected chi connectivity index (χ0v) is 24.9. The number of carbonyl (C=O) groups excluding carboxylic acids is 1. The van der Waals surface area contributed by atoms with Gasteiger partial charge in [-0.15, -0.1) is 15.3 Å². The lowest BCUT2D eigenvalue weighted by Crippen LogP contribution is -2.05. The fourth-order valence-corrected chi connectivity index (χ4v) is 4.81. The van der Waals surface area contributed by atoms with Gasteiger partial charge in [-0.25, -0.2) is 0 Å². The molecule has 0 unspecified atom stereocenters. The Morgan fingerprint density at radius 2 is 1.52 bits per heavy atom. The summed E-state index contributed by atoms with van der Waals surface area (Å²) in [5, 5.41) is 39.5. The van der Waals surface area contributed by atoms with Crippen molar-refractivity contribution in [2.75, 3.05) is 32.8 Å². The quantitative estimate of drug-likeness (QED) is 0.110. The lowest BCUT2D eigenvalue weighted by Gasteiger charge is -2.11. The van der Waals surface area contributed by atoms with Gasteiger partial charge in [-0.2, -0.15) is 13.5 Å².